The van der Waals surface area contributed by atoms with Crippen LogP contribution in [0.4, 0.5) is 10.2 Å². The van der Waals surface area contributed by atoms with E-state index < -0.39 is 5.82 Å². The van der Waals surface area contributed by atoms with E-state index in [2.05, 4.69) is 9.97 Å². The Balaban J connectivity index is 2.64. The lowest BCUT2D eigenvalue weighted by Gasteiger charge is -2.05. The first-order valence-electron chi connectivity index (χ1n) is 4.36. The van der Waals surface area contributed by atoms with Crippen LogP contribution in [-0.2, 0) is 0 Å². The molecule has 2 rings (SSSR count). The first-order chi connectivity index (χ1) is 7.58. The van der Waals surface area contributed by atoms with Gasteiger partial charge >= 0.3 is 0 Å². The first-order valence-corrected chi connectivity index (χ1v) is 4.73. The maximum atomic E-state index is 13.6. The topological polar surface area (TPSA) is 72.0 Å². The van der Waals surface area contributed by atoms with E-state index in [1.165, 1.54) is 12.1 Å². The first kappa shape index (κ1) is 10.6. The fraction of sp³-hybridized carbons (Fsp3) is 0. The molecule has 1 aromatic heterocycles. The van der Waals surface area contributed by atoms with E-state index in [1.54, 1.807) is 12.1 Å². The van der Waals surface area contributed by atoms with Crippen molar-refractivity contribution < 1.29 is 9.50 Å². The summed E-state index contributed by atoms with van der Waals surface area (Å²) >= 11 is 5.58. The van der Waals surface area contributed by atoms with E-state index in [4.69, 9.17) is 17.3 Å². The number of hydrogen-bond acceptors (Lipinski definition) is 4. The summed E-state index contributed by atoms with van der Waals surface area (Å²) in [4.78, 5) is 7.21. The van der Waals surface area contributed by atoms with Gasteiger partial charge in [0.25, 0.3) is 0 Å². The van der Waals surface area contributed by atoms with Gasteiger partial charge in [-0.3, -0.25) is 0 Å². The molecule has 1 aromatic carbocycles. The third kappa shape index (κ3) is 1.90. The van der Waals surface area contributed by atoms with Gasteiger partial charge in [-0.05, 0) is 23.7 Å². The van der Waals surface area contributed by atoms with Crippen molar-refractivity contribution in [3.63, 3.8) is 0 Å². The fourth-order valence-electron chi connectivity index (χ4n) is 1.28. The number of anilines is 1. The Morgan fingerprint density at radius 3 is 2.75 bits per heavy atom. The summed E-state index contributed by atoms with van der Waals surface area (Å²) in [7, 11) is 0. The summed E-state index contributed by atoms with van der Waals surface area (Å²) in [6, 6.07) is 5.98. The van der Waals surface area contributed by atoms with Crippen LogP contribution in [0.25, 0.3) is 11.3 Å². The van der Waals surface area contributed by atoms with Crippen LogP contribution in [0.2, 0.25) is 5.28 Å². The number of nitrogens with zero attached hydrogens (tertiary/aromatic N) is 2. The highest BCUT2D eigenvalue weighted by Gasteiger charge is 2.13. The molecule has 2 aromatic rings. The van der Waals surface area contributed by atoms with Crippen molar-refractivity contribution in [3.8, 4) is 17.0 Å². The van der Waals surface area contributed by atoms with Gasteiger partial charge < -0.3 is 10.8 Å². The maximum Gasteiger partial charge on any atom is 0.225 e. The van der Waals surface area contributed by atoms with Crippen LogP contribution < -0.4 is 5.73 Å². The second-order valence-corrected chi connectivity index (χ2v) is 3.43. The highest BCUT2D eigenvalue weighted by Crippen LogP contribution is 2.26. The number of aromatic nitrogens is 2. The Labute approximate surface area is 95.5 Å². The second-order valence-electron chi connectivity index (χ2n) is 3.09. The standard InChI is InChI=1S/C10H7ClFN3O/c11-10-14-8(7(12)9(13)15-10)5-2-1-3-6(16)4-5/h1-4,16H,(H2,13,14,15). The number of benzene rings is 1. The van der Waals surface area contributed by atoms with Crippen LogP contribution in [0.5, 0.6) is 5.75 Å². The Morgan fingerprint density at radius 1 is 1.31 bits per heavy atom. The van der Waals surface area contributed by atoms with E-state index >= 15 is 0 Å². The summed E-state index contributed by atoms with van der Waals surface area (Å²) < 4.78 is 13.6. The van der Waals surface area contributed by atoms with Crippen molar-refractivity contribution in [2.75, 3.05) is 5.73 Å². The SMILES string of the molecule is Nc1nc(Cl)nc(-c2cccc(O)c2)c1F. The van der Waals surface area contributed by atoms with Crippen LogP contribution >= 0.6 is 11.6 Å². The Bertz CT molecular complexity index is 548. The van der Waals surface area contributed by atoms with Crippen molar-refractivity contribution in [1.29, 1.82) is 0 Å². The summed E-state index contributed by atoms with van der Waals surface area (Å²) in [5.41, 5.74) is 5.67. The minimum Gasteiger partial charge on any atom is -0.508 e. The number of aromatic hydroxyl groups is 1. The molecule has 0 aliphatic heterocycles. The number of nitrogens with two attached hydrogens (primary N) is 1. The lowest BCUT2D eigenvalue weighted by atomic mass is 10.1. The van der Waals surface area contributed by atoms with E-state index in [0.29, 0.717) is 5.56 Å². The van der Waals surface area contributed by atoms with Gasteiger partial charge in [0.05, 0.1) is 0 Å². The second kappa shape index (κ2) is 3.94. The zero-order chi connectivity index (χ0) is 11.7. The molecule has 0 saturated heterocycles. The van der Waals surface area contributed by atoms with Gasteiger partial charge in [-0.25, -0.2) is 9.37 Å². The minimum absolute atomic E-state index is 0.00482. The maximum absolute atomic E-state index is 13.6. The number of phenolic OH excluding ortho intramolecular Hbond substituents is 1. The van der Waals surface area contributed by atoms with Crippen molar-refractivity contribution in [2.24, 2.45) is 0 Å². The zero-order valence-corrected chi connectivity index (χ0v) is 8.74. The lowest BCUT2D eigenvalue weighted by Crippen LogP contribution is -2.00. The molecule has 0 saturated carbocycles. The summed E-state index contributed by atoms with van der Waals surface area (Å²) in [6.07, 6.45) is 0. The van der Waals surface area contributed by atoms with Crippen LogP contribution in [-0.4, -0.2) is 15.1 Å². The van der Waals surface area contributed by atoms with Gasteiger partial charge in [0, 0.05) is 5.56 Å². The average molecular weight is 240 g/mol. The predicted octanol–water partition coefficient (Wildman–Crippen LogP) is 2.22. The predicted molar refractivity (Wildman–Crippen MR) is 58.5 cm³/mol. The summed E-state index contributed by atoms with van der Waals surface area (Å²) in [6.45, 7) is 0. The largest absolute Gasteiger partial charge is 0.508 e. The van der Waals surface area contributed by atoms with Crippen LogP contribution in [0.3, 0.4) is 0 Å². The van der Waals surface area contributed by atoms with E-state index in [9.17, 15) is 9.50 Å². The van der Waals surface area contributed by atoms with Crippen molar-refractivity contribution in [2.45, 2.75) is 0 Å². The van der Waals surface area contributed by atoms with Crippen LogP contribution in [0.15, 0.2) is 24.3 Å². The van der Waals surface area contributed by atoms with E-state index in [0.717, 1.165) is 0 Å². The third-order valence-electron chi connectivity index (χ3n) is 1.97. The molecule has 0 spiro atoms. The molecule has 0 fully saturated rings. The molecule has 16 heavy (non-hydrogen) atoms. The molecular weight excluding hydrogens is 233 g/mol. The lowest BCUT2D eigenvalue weighted by molar-refractivity contribution is 0.475. The van der Waals surface area contributed by atoms with Gasteiger partial charge in [0.1, 0.15) is 11.4 Å². The van der Waals surface area contributed by atoms with Crippen LogP contribution in [0.1, 0.15) is 0 Å². The molecule has 6 heteroatoms. The van der Waals surface area contributed by atoms with E-state index in [-0.39, 0.29) is 22.5 Å². The van der Waals surface area contributed by atoms with Gasteiger partial charge in [-0.2, -0.15) is 4.98 Å². The molecule has 0 amide bonds. The molecule has 3 N–H and O–H groups in total. The molecule has 0 bridgehead atoms. The normalized spacial score (nSPS) is 10.4. The van der Waals surface area contributed by atoms with Crippen molar-refractivity contribution in [1.82, 2.24) is 9.97 Å². The highest BCUT2D eigenvalue weighted by atomic mass is 35.5. The number of nitrogen functional groups attached to an aromatic ring is 1. The molecule has 0 unspecified atom stereocenters. The number of rotatable bonds is 1. The van der Waals surface area contributed by atoms with Gasteiger partial charge in [0.15, 0.2) is 11.6 Å². The molecule has 0 aliphatic rings. The van der Waals surface area contributed by atoms with Gasteiger partial charge in [0.2, 0.25) is 5.28 Å². The molecule has 1 heterocycles. The quantitative estimate of drug-likeness (QED) is 0.749. The minimum atomic E-state index is -0.755. The fourth-order valence-corrected chi connectivity index (χ4v) is 1.46. The molecule has 0 aliphatic carbocycles. The summed E-state index contributed by atoms with van der Waals surface area (Å²) in [5, 5.41) is 9.13. The average Bonchev–Trinajstić information content (AvgIpc) is 2.23. The third-order valence-corrected chi connectivity index (χ3v) is 2.14. The van der Waals surface area contributed by atoms with Crippen LogP contribution in [0, 0.1) is 5.82 Å². The molecule has 82 valence electrons. The molecule has 4 nitrogen and oxygen atoms in total. The highest BCUT2D eigenvalue weighted by molar-refractivity contribution is 6.28. The smallest absolute Gasteiger partial charge is 0.225 e. The Hall–Kier alpha value is -1.88. The zero-order valence-electron chi connectivity index (χ0n) is 7.98. The Morgan fingerprint density at radius 2 is 2.06 bits per heavy atom. The van der Waals surface area contributed by atoms with E-state index in [1.807, 2.05) is 0 Å². The van der Waals surface area contributed by atoms with Crippen molar-refractivity contribution >= 4 is 17.4 Å². The molecule has 0 radical (unpaired) electrons. The molecular formula is C10H7ClFN3O. The van der Waals surface area contributed by atoms with Crippen molar-refractivity contribution in [3.05, 3.63) is 35.4 Å². The number of phenols is 1. The number of hydrogen-bond donors (Lipinski definition) is 2. The van der Waals surface area contributed by atoms with Gasteiger partial charge in [-0.1, -0.05) is 12.1 Å². The van der Waals surface area contributed by atoms with Gasteiger partial charge in [-0.15, -0.1) is 0 Å². The monoisotopic (exact) mass is 239 g/mol. The number of halogens is 2. The Kier molecular flexibility index (Phi) is 2.62. The summed E-state index contributed by atoms with van der Waals surface area (Å²) in [5.74, 6) is -1.07. The molecule has 0 atom stereocenters.